The first-order valence-corrected chi connectivity index (χ1v) is 2.32. The molecular weight excluding hydrogens is 144 g/mol. The zero-order chi connectivity index (χ0) is 8.15. The van der Waals surface area contributed by atoms with E-state index in [1.807, 2.05) is 0 Å². The van der Waals surface area contributed by atoms with Gasteiger partial charge in [0.2, 0.25) is 6.04 Å². The third-order valence-electron chi connectivity index (χ3n) is 0.742. The highest BCUT2D eigenvalue weighted by molar-refractivity contribution is 5.73. The molecule has 10 heavy (non-hydrogen) atoms. The quantitative estimate of drug-likeness (QED) is 0.322. The molecule has 0 aromatic carbocycles. The van der Waals surface area contributed by atoms with Gasteiger partial charge in [-0.2, -0.15) is 0 Å². The number of aliphatic hydroxyl groups is 1. The molecule has 58 valence electrons. The van der Waals surface area contributed by atoms with Gasteiger partial charge in [0.05, 0.1) is 6.61 Å². The molecule has 0 bridgehead atoms. The van der Waals surface area contributed by atoms with Crippen LogP contribution in [-0.4, -0.2) is 33.9 Å². The lowest BCUT2D eigenvalue weighted by Crippen LogP contribution is -2.42. The number of hydrazine groups is 1. The first kappa shape index (κ1) is 8.63. The highest BCUT2D eigenvalue weighted by Gasteiger charge is 2.19. The average molecular weight is 150 g/mol. The van der Waals surface area contributed by atoms with Gasteiger partial charge in [-0.05, 0) is 0 Å². The number of nitrogens with one attached hydrogen (secondary N) is 1. The van der Waals surface area contributed by atoms with Crippen molar-refractivity contribution in [1.29, 1.82) is 0 Å². The number of aliphatic hydroxyl groups excluding tert-OH is 1. The van der Waals surface area contributed by atoms with Crippen LogP contribution in [0.2, 0.25) is 0 Å². The standard InChI is InChI=1S/C3H6N2O5/c6-1-2(3(7)8)4-5(9)10/h2,4,6H,1H2,(H,7,8)/t2-/m0/s1. The maximum absolute atomic E-state index is 9.94. The van der Waals surface area contributed by atoms with Crippen LogP contribution >= 0.6 is 0 Å². The molecule has 0 fully saturated rings. The van der Waals surface area contributed by atoms with E-state index in [2.05, 4.69) is 0 Å². The summed E-state index contributed by atoms with van der Waals surface area (Å²) in [5, 5.41) is 24.9. The Bertz CT molecular complexity index is 146. The summed E-state index contributed by atoms with van der Waals surface area (Å²) in [6, 6.07) is -1.53. The Hall–Kier alpha value is -1.37. The summed E-state index contributed by atoms with van der Waals surface area (Å²) in [5.41, 5.74) is 1.40. The van der Waals surface area contributed by atoms with E-state index in [-0.39, 0.29) is 0 Å². The van der Waals surface area contributed by atoms with Gasteiger partial charge >= 0.3 is 5.97 Å². The van der Waals surface area contributed by atoms with E-state index in [0.717, 1.165) is 0 Å². The number of carboxylic acids is 1. The van der Waals surface area contributed by atoms with Crippen molar-refractivity contribution >= 4 is 5.97 Å². The van der Waals surface area contributed by atoms with Crippen LogP contribution in [0.3, 0.4) is 0 Å². The zero-order valence-corrected chi connectivity index (χ0v) is 4.85. The van der Waals surface area contributed by atoms with Gasteiger partial charge < -0.3 is 10.2 Å². The molecule has 7 heteroatoms. The number of nitro groups is 1. The summed E-state index contributed by atoms with van der Waals surface area (Å²) in [7, 11) is 0. The van der Waals surface area contributed by atoms with Crippen molar-refractivity contribution < 1.29 is 20.0 Å². The largest absolute Gasteiger partial charge is 0.479 e. The van der Waals surface area contributed by atoms with Gasteiger partial charge in [-0.15, -0.1) is 5.43 Å². The zero-order valence-electron chi connectivity index (χ0n) is 4.85. The predicted molar refractivity (Wildman–Crippen MR) is 28.6 cm³/mol. The molecule has 0 spiro atoms. The van der Waals surface area contributed by atoms with E-state index in [9.17, 15) is 14.9 Å². The second-order valence-electron chi connectivity index (χ2n) is 1.46. The Labute approximate surface area is 55.4 Å². The molecule has 0 amide bonds. The van der Waals surface area contributed by atoms with Crippen LogP contribution in [0.4, 0.5) is 0 Å². The summed E-state index contributed by atoms with van der Waals surface area (Å²) in [5.74, 6) is -1.46. The first-order chi connectivity index (χ1) is 4.57. The van der Waals surface area contributed by atoms with Crippen LogP contribution in [0.15, 0.2) is 0 Å². The number of hydrogen-bond donors (Lipinski definition) is 3. The van der Waals surface area contributed by atoms with Gasteiger partial charge in [-0.1, -0.05) is 0 Å². The van der Waals surface area contributed by atoms with E-state index in [4.69, 9.17) is 10.2 Å². The lowest BCUT2D eigenvalue weighted by atomic mass is 10.3. The minimum atomic E-state index is -1.53. The number of carboxylic acid groups (broad SMARTS) is 1. The molecule has 0 unspecified atom stereocenters. The normalized spacial score (nSPS) is 12.1. The van der Waals surface area contributed by atoms with Crippen molar-refractivity contribution in [3.8, 4) is 0 Å². The topological polar surface area (TPSA) is 113 Å². The Morgan fingerprint density at radius 2 is 2.30 bits per heavy atom. The van der Waals surface area contributed by atoms with E-state index in [0.29, 0.717) is 0 Å². The fraction of sp³-hybridized carbons (Fsp3) is 0.667. The van der Waals surface area contributed by atoms with Crippen LogP contribution in [-0.2, 0) is 4.79 Å². The molecule has 3 N–H and O–H groups in total. The molecule has 0 aliphatic rings. The summed E-state index contributed by atoms with van der Waals surface area (Å²) in [6.45, 7) is -0.809. The van der Waals surface area contributed by atoms with Crippen molar-refractivity contribution in [3.63, 3.8) is 0 Å². The van der Waals surface area contributed by atoms with Crippen molar-refractivity contribution in [2.45, 2.75) is 6.04 Å². The number of aliphatic carboxylic acids is 1. The van der Waals surface area contributed by atoms with Crippen LogP contribution < -0.4 is 5.43 Å². The summed E-state index contributed by atoms with van der Waals surface area (Å²) in [4.78, 5) is 19.5. The number of hydrogen-bond acceptors (Lipinski definition) is 4. The van der Waals surface area contributed by atoms with Gasteiger partial charge in [0.15, 0.2) is 5.03 Å². The van der Waals surface area contributed by atoms with Gasteiger partial charge in [0.1, 0.15) is 0 Å². The lowest BCUT2D eigenvalue weighted by molar-refractivity contribution is -0.549. The Balaban J connectivity index is 3.83. The molecule has 0 aliphatic carbocycles. The van der Waals surface area contributed by atoms with E-state index >= 15 is 0 Å². The number of rotatable bonds is 4. The number of carbonyl (C=O) groups is 1. The molecule has 0 rings (SSSR count). The van der Waals surface area contributed by atoms with Crippen LogP contribution in [0.5, 0.6) is 0 Å². The van der Waals surface area contributed by atoms with E-state index < -0.39 is 23.7 Å². The third kappa shape index (κ3) is 2.82. The van der Waals surface area contributed by atoms with Crippen molar-refractivity contribution in [2.24, 2.45) is 0 Å². The molecular formula is C3H6N2O5. The maximum Gasteiger partial charge on any atom is 0.334 e. The summed E-state index contributed by atoms with van der Waals surface area (Å²) in [6.07, 6.45) is 0. The summed E-state index contributed by atoms with van der Waals surface area (Å²) >= 11 is 0. The summed E-state index contributed by atoms with van der Waals surface area (Å²) < 4.78 is 0. The van der Waals surface area contributed by atoms with Crippen LogP contribution in [0.25, 0.3) is 0 Å². The van der Waals surface area contributed by atoms with Crippen LogP contribution in [0.1, 0.15) is 0 Å². The molecule has 7 nitrogen and oxygen atoms in total. The Morgan fingerprint density at radius 3 is 2.40 bits per heavy atom. The average Bonchev–Trinajstić information content (AvgIpc) is 1.81. The van der Waals surface area contributed by atoms with Crippen molar-refractivity contribution in [2.75, 3.05) is 6.61 Å². The fourth-order valence-electron chi connectivity index (χ4n) is 0.301. The highest BCUT2D eigenvalue weighted by atomic mass is 16.7. The van der Waals surface area contributed by atoms with Gasteiger partial charge in [0, 0.05) is 0 Å². The fourth-order valence-corrected chi connectivity index (χ4v) is 0.301. The molecule has 0 radical (unpaired) electrons. The molecule has 0 aromatic rings. The molecule has 0 saturated carbocycles. The molecule has 0 saturated heterocycles. The molecule has 0 aromatic heterocycles. The first-order valence-electron chi connectivity index (χ1n) is 2.32. The van der Waals surface area contributed by atoms with Gasteiger partial charge in [-0.25, -0.2) is 14.9 Å². The monoisotopic (exact) mass is 150 g/mol. The van der Waals surface area contributed by atoms with E-state index in [1.165, 1.54) is 5.43 Å². The smallest absolute Gasteiger partial charge is 0.334 e. The van der Waals surface area contributed by atoms with E-state index in [1.54, 1.807) is 0 Å². The maximum atomic E-state index is 9.94. The second-order valence-corrected chi connectivity index (χ2v) is 1.46. The van der Waals surface area contributed by atoms with Gasteiger partial charge in [-0.3, -0.25) is 0 Å². The molecule has 0 aliphatic heterocycles. The predicted octanol–water partition coefficient (Wildman–Crippen LogP) is -1.79. The lowest BCUT2D eigenvalue weighted by Gasteiger charge is -2.02. The van der Waals surface area contributed by atoms with Crippen LogP contribution in [0, 0.1) is 10.1 Å². The second kappa shape index (κ2) is 3.62. The third-order valence-corrected chi connectivity index (χ3v) is 0.742. The highest BCUT2D eigenvalue weighted by Crippen LogP contribution is 1.80. The molecule has 0 heterocycles. The Morgan fingerprint density at radius 1 is 1.80 bits per heavy atom. The minimum absolute atomic E-state index is 0.809. The Kier molecular flexibility index (Phi) is 3.12. The molecule has 1 atom stereocenters. The van der Waals surface area contributed by atoms with Crippen molar-refractivity contribution in [1.82, 2.24) is 5.43 Å². The number of nitrogens with zero attached hydrogens (tertiary/aromatic N) is 1. The van der Waals surface area contributed by atoms with Crippen molar-refractivity contribution in [3.05, 3.63) is 10.1 Å². The SMILES string of the molecule is O=C(O)[C@H](CO)N[N+](=O)[O-]. The van der Waals surface area contributed by atoms with Gasteiger partial charge in [0.25, 0.3) is 0 Å². The minimum Gasteiger partial charge on any atom is -0.479 e.